The molecule has 66 valence electrons. The van der Waals surface area contributed by atoms with Crippen LogP contribution >= 0.6 is 23.2 Å². The van der Waals surface area contributed by atoms with Gasteiger partial charge in [0, 0.05) is 5.02 Å². The van der Waals surface area contributed by atoms with Gasteiger partial charge in [0.2, 0.25) is 0 Å². The third-order valence-corrected chi connectivity index (χ3v) is 1.76. The number of alkyl halides is 1. The Balaban J connectivity index is 2.72. The minimum atomic E-state index is -0.529. The third kappa shape index (κ3) is 2.54. The Morgan fingerprint density at radius 1 is 1.33 bits per heavy atom. The van der Waals surface area contributed by atoms with E-state index >= 15 is 0 Å². The van der Waals surface area contributed by atoms with Crippen LogP contribution < -0.4 is 4.74 Å². The van der Waals surface area contributed by atoms with Gasteiger partial charge < -0.3 is 4.74 Å². The van der Waals surface area contributed by atoms with E-state index in [1.165, 1.54) is 0 Å². The summed E-state index contributed by atoms with van der Waals surface area (Å²) in [6, 6.07) is 4.80. The van der Waals surface area contributed by atoms with Crippen molar-refractivity contribution in [1.29, 1.82) is 0 Å². The number of benzene rings is 1. The molecule has 0 saturated heterocycles. The van der Waals surface area contributed by atoms with Crippen LogP contribution in [-0.2, 0) is 0 Å². The summed E-state index contributed by atoms with van der Waals surface area (Å²) in [5.41, 5.74) is 0. The van der Waals surface area contributed by atoms with Gasteiger partial charge >= 0.3 is 0 Å². The minimum Gasteiger partial charge on any atom is -0.489 e. The molecule has 0 atom stereocenters. The quantitative estimate of drug-likeness (QED) is 0.741. The predicted octanol–water partition coefficient (Wildman–Crippen LogP) is 3.34. The highest BCUT2D eigenvalue weighted by Crippen LogP contribution is 2.27. The maximum Gasteiger partial charge on any atom is 0.138 e. The molecule has 0 aliphatic heterocycles. The van der Waals surface area contributed by atoms with Crippen molar-refractivity contribution in [2.45, 2.75) is 0 Å². The van der Waals surface area contributed by atoms with E-state index in [0.29, 0.717) is 15.8 Å². The molecule has 0 fully saturated rings. The second-order valence-corrected chi connectivity index (χ2v) is 2.96. The van der Waals surface area contributed by atoms with Gasteiger partial charge in [0.25, 0.3) is 0 Å². The summed E-state index contributed by atoms with van der Waals surface area (Å²) in [5.74, 6) is 0.457. The Morgan fingerprint density at radius 2 is 2.08 bits per heavy atom. The van der Waals surface area contributed by atoms with E-state index in [4.69, 9.17) is 27.9 Å². The molecule has 0 aliphatic rings. The highest BCUT2D eigenvalue weighted by atomic mass is 35.5. The molecular weight excluding hydrogens is 202 g/mol. The summed E-state index contributed by atoms with van der Waals surface area (Å²) < 4.78 is 16.7. The lowest BCUT2D eigenvalue weighted by molar-refractivity contribution is 0.273. The molecule has 12 heavy (non-hydrogen) atoms. The number of hydrogen-bond acceptors (Lipinski definition) is 1. The van der Waals surface area contributed by atoms with Gasteiger partial charge in [-0.05, 0) is 18.2 Å². The van der Waals surface area contributed by atoms with Gasteiger partial charge in [0.15, 0.2) is 0 Å². The average Bonchev–Trinajstić information content (AvgIpc) is 2.03. The Bertz CT molecular complexity index is 265. The number of halogens is 3. The molecule has 0 amide bonds. The van der Waals surface area contributed by atoms with Crippen LogP contribution in [0.4, 0.5) is 4.39 Å². The fourth-order valence-electron chi connectivity index (χ4n) is 0.741. The van der Waals surface area contributed by atoms with E-state index in [2.05, 4.69) is 0 Å². The lowest BCUT2D eigenvalue weighted by atomic mass is 10.3. The molecule has 0 spiro atoms. The summed E-state index contributed by atoms with van der Waals surface area (Å²) in [7, 11) is 0. The smallest absolute Gasteiger partial charge is 0.138 e. The fourth-order valence-corrected chi connectivity index (χ4v) is 1.20. The summed E-state index contributed by atoms with van der Waals surface area (Å²) in [6.45, 7) is -0.514. The first kappa shape index (κ1) is 9.62. The Morgan fingerprint density at radius 3 is 2.67 bits per heavy atom. The number of ether oxygens (including phenoxy) is 1. The van der Waals surface area contributed by atoms with Crippen LogP contribution in [0.3, 0.4) is 0 Å². The predicted molar refractivity (Wildman–Crippen MR) is 47.9 cm³/mol. The fraction of sp³-hybridized carbons (Fsp3) is 0.250. The SMILES string of the molecule is FCCOc1ccc(Cl)cc1Cl. The second kappa shape index (κ2) is 4.53. The van der Waals surface area contributed by atoms with Crippen molar-refractivity contribution in [1.82, 2.24) is 0 Å². The zero-order chi connectivity index (χ0) is 8.97. The maximum atomic E-state index is 11.7. The van der Waals surface area contributed by atoms with Crippen molar-refractivity contribution in [3.8, 4) is 5.75 Å². The summed E-state index contributed by atoms with van der Waals surface area (Å²) in [6.07, 6.45) is 0. The highest BCUT2D eigenvalue weighted by Gasteiger charge is 2.00. The number of hydrogen-bond donors (Lipinski definition) is 0. The van der Waals surface area contributed by atoms with Crippen LogP contribution in [0.1, 0.15) is 0 Å². The Labute approximate surface area is 80.0 Å². The van der Waals surface area contributed by atoms with Crippen LogP contribution in [0, 0.1) is 0 Å². The van der Waals surface area contributed by atoms with E-state index in [1.807, 2.05) is 0 Å². The average molecular weight is 209 g/mol. The van der Waals surface area contributed by atoms with E-state index in [0.717, 1.165) is 0 Å². The Hall–Kier alpha value is -0.470. The molecule has 4 heteroatoms. The largest absolute Gasteiger partial charge is 0.489 e. The molecule has 0 bridgehead atoms. The van der Waals surface area contributed by atoms with Crippen LogP contribution in [0.5, 0.6) is 5.75 Å². The molecule has 0 N–H and O–H groups in total. The molecule has 1 rings (SSSR count). The van der Waals surface area contributed by atoms with Gasteiger partial charge in [-0.2, -0.15) is 0 Å². The molecule has 1 aromatic rings. The monoisotopic (exact) mass is 208 g/mol. The Kier molecular flexibility index (Phi) is 3.63. The maximum absolute atomic E-state index is 11.7. The lowest BCUT2D eigenvalue weighted by Gasteiger charge is -2.05. The molecule has 0 heterocycles. The molecule has 1 aromatic carbocycles. The first-order chi connectivity index (χ1) is 5.74. The van der Waals surface area contributed by atoms with Crippen LogP contribution in [0.25, 0.3) is 0 Å². The van der Waals surface area contributed by atoms with Crippen molar-refractivity contribution >= 4 is 23.2 Å². The standard InChI is InChI=1S/C8H7Cl2FO/c9-6-1-2-8(7(10)5-6)12-4-3-11/h1-2,5H,3-4H2. The van der Waals surface area contributed by atoms with Gasteiger partial charge in [0.1, 0.15) is 19.0 Å². The van der Waals surface area contributed by atoms with Gasteiger partial charge in [-0.1, -0.05) is 23.2 Å². The lowest BCUT2D eigenvalue weighted by Crippen LogP contribution is -1.98. The normalized spacial score (nSPS) is 9.92. The van der Waals surface area contributed by atoms with E-state index in [-0.39, 0.29) is 6.61 Å². The van der Waals surface area contributed by atoms with Gasteiger partial charge in [-0.3, -0.25) is 0 Å². The van der Waals surface area contributed by atoms with Gasteiger partial charge in [-0.15, -0.1) is 0 Å². The van der Waals surface area contributed by atoms with Crippen molar-refractivity contribution < 1.29 is 9.13 Å². The molecule has 0 radical (unpaired) electrons. The second-order valence-electron chi connectivity index (χ2n) is 2.11. The summed E-state index contributed by atoms with van der Waals surface area (Å²) >= 11 is 11.4. The third-order valence-electron chi connectivity index (χ3n) is 1.23. The summed E-state index contributed by atoms with van der Waals surface area (Å²) in [5, 5.41) is 0.934. The molecule has 1 nitrogen and oxygen atoms in total. The van der Waals surface area contributed by atoms with Crippen molar-refractivity contribution in [3.05, 3.63) is 28.2 Å². The van der Waals surface area contributed by atoms with E-state index < -0.39 is 6.67 Å². The van der Waals surface area contributed by atoms with Crippen molar-refractivity contribution in [2.24, 2.45) is 0 Å². The molecule has 0 aliphatic carbocycles. The van der Waals surface area contributed by atoms with Crippen LogP contribution in [-0.4, -0.2) is 13.3 Å². The molecule has 0 saturated carbocycles. The zero-order valence-electron chi connectivity index (χ0n) is 6.19. The van der Waals surface area contributed by atoms with Gasteiger partial charge in [0.05, 0.1) is 5.02 Å². The van der Waals surface area contributed by atoms with Crippen LogP contribution in [0.15, 0.2) is 18.2 Å². The zero-order valence-corrected chi connectivity index (χ0v) is 7.70. The van der Waals surface area contributed by atoms with Crippen molar-refractivity contribution in [2.75, 3.05) is 13.3 Å². The molecule has 0 unspecified atom stereocenters. The topological polar surface area (TPSA) is 9.23 Å². The first-order valence-electron chi connectivity index (χ1n) is 3.38. The highest BCUT2D eigenvalue weighted by molar-refractivity contribution is 6.35. The number of rotatable bonds is 3. The molecule has 0 aromatic heterocycles. The minimum absolute atomic E-state index is 0.0152. The van der Waals surface area contributed by atoms with Crippen LogP contribution in [0.2, 0.25) is 10.0 Å². The molecular formula is C8H7Cl2FO. The van der Waals surface area contributed by atoms with E-state index in [9.17, 15) is 4.39 Å². The summed E-state index contributed by atoms with van der Waals surface area (Å²) in [4.78, 5) is 0. The van der Waals surface area contributed by atoms with Gasteiger partial charge in [-0.25, -0.2) is 4.39 Å². The van der Waals surface area contributed by atoms with Crippen molar-refractivity contribution in [3.63, 3.8) is 0 Å². The first-order valence-corrected chi connectivity index (χ1v) is 4.13. The van der Waals surface area contributed by atoms with E-state index in [1.54, 1.807) is 18.2 Å².